The Kier molecular flexibility index (Phi) is 67.4. The van der Waals surface area contributed by atoms with Crippen molar-refractivity contribution in [1.82, 2.24) is 5.32 Å². The van der Waals surface area contributed by atoms with E-state index in [1.54, 1.807) is 6.08 Å². The van der Waals surface area contributed by atoms with E-state index >= 15 is 0 Å². The molecular weight excluding hydrogens is 1440 g/mol. The van der Waals surface area contributed by atoms with Crippen LogP contribution >= 0.6 is 0 Å². The highest BCUT2D eigenvalue weighted by Gasteiger charge is 2.54. The van der Waals surface area contributed by atoms with Crippen LogP contribution in [0.15, 0.2) is 109 Å². The van der Waals surface area contributed by atoms with Gasteiger partial charge in [-0.2, -0.15) is 0 Å². The molecule has 114 heavy (non-hydrogen) atoms. The van der Waals surface area contributed by atoms with Crippen LogP contribution in [0.3, 0.4) is 0 Å². The number of hydrogen-bond donors (Lipinski definition) is 12. The normalized spacial score (nSPS) is 25.2. The first-order valence-corrected chi connectivity index (χ1v) is 46.1. The van der Waals surface area contributed by atoms with E-state index in [-0.39, 0.29) is 18.9 Å². The molecule has 3 saturated heterocycles. The van der Waals surface area contributed by atoms with Gasteiger partial charge in [0.25, 0.3) is 0 Å². The lowest BCUT2D eigenvalue weighted by Crippen LogP contribution is -2.66. The molecule has 19 nitrogen and oxygen atoms in total. The monoisotopic (exact) mass is 1610 g/mol. The molecule has 0 bridgehead atoms. The molecule has 0 aliphatic carbocycles. The van der Waals surface area contributed by atoms with Crippen molar-refractivity contribution in [3.05, 3.63) is 109 Å². The number of carbonyl (C=O) groups is 1. The maximum absolute atomic E-state index is 13.5. The van der Waals surface area contributed by atoms with Gasteiger partial charge in [0.2, 0.25) is 5.91 Å². The first-order valence-electron chi connectivity index (χ1n) is 46.1. The lowest BCUT2D eigenvalue weighted by molar-refractivity contribution is -0.379. The molecular formula is C95H167NO18. The molecule has 0 aromatic heterocycles. The second-order valence-electron chi connectivity index (χ2n) is 32.4. The van der Waals surface area contributed by atoms with Crippen LogP contribution in [0, 0.1) is 0 Å². The van der Waals surface area contributed by atoms with Crippen molar-refractivity contribution in [3.63, 3.8) is 0 Å². The molecule has 0 spiro atoms. The van der Waals surface area contributed by atoms with Gasteiger partial charge in [-0.1, -0.05) is 374 Å². The van der Waals surface area contributed by atoms with Crippen LogP contribution in [-0.4, -0.2) is 193 Å². The number of unbranched alkanes of at least 4 members (excludes halogenated alkanes) is 42. The van der Waals surface area contributed by atoms with E-state index < -0.39 is 124 Å². The molecule has 17 unspecified atom stereocenters. The molecule has 0 aromatic rings. The second kappa shape index (κ2) is 73.4. The number of allylic oxidation sites excluding steroid dienone is 17. The lowest BCUT2D eigenvalue weighted by atomic mass is 9.96. The molecule has 3 fully saturated rings. The van der Waals surface area contributed by atoms with Gasteiger partial charge in [0.1, 0.15) is 73.2 Å². The van der Waals surface area contributed by atoms with Gasteiger partial charge in [-0.05, 0) is 83.5 Å². The highest BCUT2D eigenvalue weighted by Crippen LogP contribution is 2.34. The molecule has 3 heterocycles. The van der Waals surface area contributed by atoms with Crippen molar-refractivity contribution < 1.29 is 89.4 Å². The van der Waals surface area contributed by atoms with E-state index in [1.807, 2.05) is 6.08 Å². The Balaban J connectivity index is 1.33. The molecule has 1 amide bonds. The van der Waals surface area contributed by atoms with E-state index in [9.17, 15) is 61.0 Å². The van der Waals surface area contributed by atoms with Gasteiger partial charge in [0.15, 0.2) is 18.9 Å². The molecule has 17 atom stereocenters. The minimum absolute atomic E-state index is 0.236. The quantitative estimate of drug-likeness (QED) is 0.0199. The standard InChI is InChI=1S/C95H167NO18/c1-3-5-7-9-11-13-15-17-19-21-23-25-27-29-31-33-35-37-38-39-40-41-43-45-47-49-51-53-55-57-59-61-63-65-67-69-71-73-83(101)96-78(79(100)72-70-68-66-64-62-60-58-56-54-52-50-48-46-44-42-36-34-32-30-28-26-24-22-20-18-16-14-12-10-8-6-4-2)77-109-93-89(107)86(104)91(81(75-98)111-93)114-95-90(108)87(105)92(82(76-99)112-95)113-94-88(106)85(103)84(102)80(74-97)110-94/h5,7,11,13,17,19,23,25,29,31,35,37,39-40,43,45,70,72,78-82,84-95,97-100,102-108H,3-4,6,8-10,12,14-16,18,20-22,24,26-28,30,32-34,36,38,41-42,44,46-69,71,73-77H2,1-2H3,(H,96,101)/b7-5-,13-11-,19-17-,25-23-,31-29-,37-35-,40-39-,45-43-,72-70+. The van der Waals surface area contributed by atoms with Gasteiger partial charge < -0.3 is 89.9 Å². The Bertz CT molecular complexity index is 2480. The first-order chi connectivity index (χ1) is 55.8. The zero-order valence-corrected chi connectivity index (χ0v) is 71.3. The summed E-state index contributed by atoms with van der Waals surface area (Å²) in [6.45, 7) is 1.66. The van der Waals surface area contributed by atoms with Gasteiger partial charge in [-0.25, -0.2) is 0 Å². The highest BCUT2D eigenvalue weighted by atomic mass is 16.8. The summed E-state index contributed by atoms with van der Waals surface area (Å²) in [4.78, 5) is 13.5. The summed E-state index contributed by atoms with van der Waals surface area (Å²) < 4.78 is 34.5. The largest absolute Gasteiger partial charge is 0.394 e. The summed E-state index contributed by atoms with van der Waals surface area (Å²) in [5.74, 6) is -0.277. The van der Waals surface area contributed by atoms with Crippen LogP contribution in [0.5, 0.6) is 0 Å². The SMILES string of the molecule is CC/C=C\C/C=C\C/C=C\C/C=C\C/C=C\C/C=C\C/C=C\C/C=C\CCCCCCCCCCCCCCC(=O)NC(COC1OC(CO)C(OC2OC(CO)C(OC3OC(CO)C(O)C(O)C3O)C(O)C2O)C(O)C1O)C(O)/C=C/CCCCCCCCCCCCCCCCCCCCCCCCCCCCCCCC. The fourth-order valence-corrected chi connectivity index (χ4v) is 15.0. The number of amides is 1. The Hall–Kier alpha value is -3.55. The number of aliphatic hydroxyl groups is 11. The second-order valence-corrected chi connectivity index (χ2v) is 32.4. The Morgan fingerprint density at radius 2 is 0.605 bits per heavy atom. The van der Waals surface area contributed by atoms with Crippen molar-refractivity contribution in [2.45, 2.75) is 458 Å². The van der Waals surface area contributed by atoms with E-state index in [0.717, 1.165) is 109 Å². The first kappa shape index (κ1) is 105. The predicted octanol–water partition coefficient (Wildman–Crippen LogP) is 18.0. The zero-order chi connectivity index (χ0) is 82.4. The third kappa shape index (κ3) is 51.2. The fraction of sp³-hybridized carbons (Fsp3) is 0.800. The fourth-order valence-electron chi connectivity index (χ4n) is 15.0. The van der Waals surface area contributed by atoms with Gasteiger partial charge in [0.05, 0.1) is 38.6 Å². The maximum Gasteiger partial charge on any atom is 0.220 e. The minimum atomic E-state index is -1.98. The third-order valence-corrected chi connectivity index (χ3v) is 22.3. The van der Waals surface area contributed by atoms with Crippen molar-refractivity contribution >= 4 is 5.91 Å². The molecule has 12 N–H and O–H groups in total. The molecule has 0 radical (unpaired) electrons. The summed E-state index contributed by atoms with van der Waals surface area (Å²) in [7, 11) is 0. The Labute approximate surface area is 691 Å². The van der Waals surface area contributed by atoms with Gasteiger partial charge in [-0.15, -0.1) is 0 Å². The number of aliphatic hydroxyl groups excluding tert-OH is 11. The molecule has 3 rings (SSSR count). The van der Waals surface area contributed by atoms with Gasteiger partial charge in [-0.3, -0.25) is 4.79 Å². The highest BCUT2D eigenvalue weighted by molar-refractivity contribution is 5.76. The van der Waals surface area contributed by atoms with Crippen LogP contribution in [0.2, 0.25) is 0 Å². The zero-order valence-electron chi connectivity index (χ0n) is 71.3. The van der Waals surface area contributed by atoms with Gasteiger partial charge in [0, 0.05) is 6.42 Å². The molecule has 0 saturated carbocycles. The predicted molar refractivity (Wildman–Crippen MR) is 461 cm³/mol. The van der Waals surface area contributed by atoms with Crippen molar-refractivity contribution in [2.75, 3.05) is 26.4 Å². The summed E-state index contributed by atoms with van der Waals surface area (Å²) in [6, 6.07) is -0.983. The summed E-state index contributed by atoms with van der Waals surface area (Å²) in [6.07, 6.45) is 76.6. The van der Waals surface area contributed by atoms with E-state index in [2.05, 4.69) is 116 Å². The topological polar surface area (TPSA) is 307 Å². The number of hydrogen-bond acceptors (Lipinski definition) is 18. The number of carbonyl (C=O) groups excluding carboxylic acids is 1. The Morgan fingerprint density at radius 1 is 0.325 bits per heavy atom. The van der Waals surface area contributed by atoms with E-state index in [4.69, 9.17) is 28.4 Å². The average molecular weight is 1610 g/mol. The van der Waals surface area contributed by atoms with Crippen LogP contribution < -0.4 is 5.32 Å². The summed E-state index contributed by atoms with van der Waals surface area (Å²) in [5.41, 5.74) is 0. The van der Waals surface area contributed by atoms with Crippen LogP contribution in [0.4, 0.5) is 0 Å². The molecule has 0 aromatic carbocycles. The lowest BCUT2D eigenvalue weighted by Gasteiger charge is -2.48. The van der Waals surface area contributed by atoms with Crippen molar-refractivity contribution in [3.8, 4) is 0 Å². The number of ether oxygens (including phenoxy) is 6. The van der Waals surface area contributed by atoms with Crippen LogP contribution in [-0.2, 0) is 33.2 Å². The van der Waals surface area contributed by atoms with E-state index in [1.165, 1.54) is 218 Å². The molecule has 3 aliphatic rings. The molecule has 3 aliphatic heterocycles. The maximum atomic E-state index is 13.5. The third-order valence-electron chi connectivity index (χ3n) is 22.3. The van der Waals surface area contributed by atoms with Crippen molar-refractivity contribution in [2.24, 2.45) is 0 Å². The number of rotatable bonds is 74. The van der Waals surface area contributed by atoms with E-state index in [0.29, 0.717) is 6.42 Å². The summed E-state index contributed by atoms with van der Waals surface area (Å²) >= 11 is 0. The summed E-state index contributed by atoms with van der Waals surface area (Å²) in [5, 5.41) is 121. The smallest absolute Gasteiger partial charge is 0.220 e. The van der Waals surface area contributed by atoms with Crippen LogP contribution in [0.25, 0.3) is 0 Å². The molecule has 660 valence electrons. The number of nitrogens with one attached hydrogen (secondary N) is 1. The minimum Gasteiger partial charge on any atom is -0.394 e. The molecule has 19 heteroatoms. The Morgan fingerprint density at radius 3 is 0.947 bits per heavy atom. The average Bonchev–Trinajstić information content (AvgIpc) is 0.777. The van der Waals surface area contributed by atoms with Gasteiger partial charge >= 0.3 is 0 Å². The van der Waals surface area contributed by atoms with Crippen molar-refractivity contribution in [1.29, 1.82) is 0 Å². The van der Waals surface area contributed by atoms with Crippen LogP contribution in [0.1, 0.15) is 354 Å².